The van der Waals surface area contributed by atoms with Crippen molar-refractivity contribution in [2.45, 2.75) is 38.4 Å². The van der Waals surface area contributed by atoms with E-state index >= 15 is 0 Å². The summed E-state index contributed by atoms with van der Waals surface area (Å²) in [5, 5.41) is 0. The number of rotatable bonds is 5. The summed E-state index contributed by atoms with van der Waals surface area (Å²) >= 11 is 0. The highest BCUT2D eigenvalue weighted by molar-refractivity contribution is 7.89. The zero-order valence-corrected chi connectivity index (χ0v) is 13.9. The Balaban J connectivity index is 1.89. The molecule has 2 N–H and O–H groups in total. The predicted molar refractivity (Wildman–Crippen MR) is 82.4 cm³/mol. The SMILES string of the molecule is Cc1cc(=O)[nH]c(N2CCC(NS(=O)(=O)CCC(F)(F)F)CC2)n1. The number of aryl methyl sites for hydroxylation is 1. The molecular formula is C13H19F3N4O3S. The predicted octanol–water partition coefficient (Wildman–Crippen LogP) is 0.919. The molecule has 1 aromatic heterocycles. The van der Waals surface area contributed by atoms with E-state index in [-0.39, 0.29) is 5.56 Å². The van der Waals surface area contributed by atoms with Crippen LogP contribution in [-0.4, -0.2) is 49.4 Å². The molecule has 0 aromatic carbocycles. The summed E-state index contributed by atoms with van der Waals surface area (Å²) in [5.74, 6) is -0.554. The van der Waals surface area contributed by atoms with Crippen molar-refractivity contribution in [3.05, 3.63) is 22.1 Å². The van der Waals surface area contributed by atoms with Crippen LogP contribution in [0.5, 0.6) is 0 Å². The summed E-state index contributed by atoms with van der Waals surface area (Å²) < 4.78 is 62.1. The first-order valence-electron chi connectivity index (χ1n) is 7.44. The maximum Gasteiger partial charge on any atom is 0.390 e. The van der Waals surface area contributed by atoms with Crippen LogP contribution in [0.15, 0.2) is 10.9 Å². The molecule has 11 heteroatoms. The molecule has 1 aliphatic rings. The molecule has 0 spiro atoms. The summed E-state index contributed by atoms with van der Waals surface area (Å²) in [5.41, 5.74) is 0.302. The Hall–Kier alpha value is -1.62. The van der Waals surface area contributed by atoms with Crippen LogP contribution >= 0.6 is 0 Å². The van der Waals surface area contributed by atoms with Crippen molar-refractivity contribution in [3.63, 3.8) is 0 Å². The molecule has 0 atom stereocenters. The molecule has 0 radical (unpaired) electrons. The summed E-state index contributed by atoms with van der Waals surface area (Å²) in [6, 6.07) is 0.946. The van der Waals surface area contributed by atoms with Crippen LogP contribution in [0.4, 0.5) is 19.1 Å². The van der Waals surface area contributed by atoms with Crippen molar-refractivity contribution in [2.75, 3.05) is 23.7 Å². The van der Waals surface area contributed by atoms with Gasteiger partial charge in [0.2, 0.25) is 16.0 Å². The van der Waals surface area contributed by atoms with Crippen molar-refractivity contribution >= 4 is 16.0 Å². The molecule has 0 aliphatic carbocycles. The maximum absolute atomic E-state index is 12.1. The molecular weight excluding hydrogens is 349 g/mol. The molecule has 7 nitrogen and oxygen atoms in total. The van der Waals surface area contributed by atoms with Crippen LogP contribution in [0.2, 0.25) is 0 Å². The molecule has 24 heavy (non-hydrogen) atoms. The van der Waals surface area contributed by atoms with E-state index < -0.39 is 34.4 Å². The number of anilines is 1. The average Bonchev–Trinajstić information content (AvgIpc) is 2.44. The number of alkyl halides is 3. The number of hydrogen-bond donors (Lipinski definition) is 2. The van der Waals surface area contributed by atoms with Gasteiger partial charge in [-0.3, -0.25) is 9.78 Å². The Morgan fingerprint density at radius 2 is 2.00 bits per heavy atom. The molecule has 1 saturated heterocycles. The summed E-state index contributed by atoms with van der Waals surface area (Å²) in [6.45, 7) is 2.58. The van der Waals surface area contributed by atoms with E-state index in [1.54, 1.807) is 6.92 Å². The Bertz CT molecular complexity index is 725. The summed E-state index contributed by atoms with van der Waals surface area (Å²) in [6.07, 6.45) is -5.03. The van der Waals surface area contributed by atoms with Gasteiger partial charge in [0.05, 0.1) is 12.2 Å². The van der Waals surface area contributed by atoms with E-state index in [9.17, 15) is 26.4 Å². The number of nitrogens with one attached hydrogen (secondary N) is 2. The number of H-pyrrole nitrogens is 1. The fraction of sp³-hybridized carbons (Fsp3) is 0.692. The average molecular weight is 368 g/mol. The number of hydrogen-bond acceptors (Lipinski definition) is 5. The van der Waals surface area contributed by atoms with E-state index in [1.165, 1.54) is 6.07 Å². The zero-order valence-electron chi connectivity index (χ0n) is 13.1. The highest BCUT2D eigenvalue weighted by Crippen LogP contribution is 2.21. The lowest BCUT2D eigenvalue weighted by molar-refractivity contribution is -0.130. The van der Waals surface area contributed by atoms with Crippen molar-refractivity contribution in [1.82, 2.24) is 14.7 Å². The molecule has 2 rings (SSSR count). The van der Waals surface area contributed by atoms with E-state index in [4.69, 9.17) is 0 Å². The third-order valence-corrected chi connectivity index (χ3v) is 5.09. The number of aromatic amines is 1. The number of halogens is 3. The van der Waals surface area contributed by atoms with Crippen LogP contribution in [0.1, 0.15) is 25.0 Å². The van der Waals surface area contributed by atoms with Crippen LogP contribution in [-0.2, 0) is 10.0 Å². The standard InChI is InChI=1S/C13H19F3N4O3S/c1-9-8-11(21)18-12(17-9)20-5-2-10(3-6-20)19-24(22,23)7-4-13(14,15)16/h8,10,19H,2-7H2,1H3,(H,17,18,21). The molecule has 1 aliphatic heterocycles. The van der Waals surface area contributed by atoms with Crippen molar-refractivity contribution in [2.24, 2.45) is 0 Å². The molecule has 2 heterocycles. The number of piperidine rings is 1. The lowest BCUT2D eigenvalue weighted by Crippen LogP contribution is -2.46. The second-order valence-electron chi connectivity index (χ2n) is 5.77. The fourth-order valence-electron chi connectivity index (χ4n) is 2.49. The van der Waals surface area contributed by atoms with Gasteiger partial charge in [0.1, 0.15) is 0 Å². The quantitative estimate of drug-likeness (QED) is 0.806. The number of nitrogens with zero attached hydrogens (tertiary/aromatic N) is 2. The first-order chi connectivity index (χ1) is 11.0. The van der Waals surface area contributed by atoms with E-state index in [2.05, 4.69) is 14.7 Å². The van der Waals surface area contributed by atoms with Crippen molar-refractivity contribution in [3.8, 4) is 0 Å². The van der Waals surface area contributed by atoms with Gasteiger partial charge in [-0.05, 0) is 19.8 Å². The Morgan fingerprint density at radius 1 is 1.38 bits per heavy atom. The van der Waals surface area contributed by atoms with Crippen LogP contribution in [0, 0.1) is 6.92 Å². The van der Waals surface area contributed by atoms with Gasteiger partial charge in [-0.15, -0.1) is 0 Å². The zero-order chi connectivity index (χ0) is 18.0. The smallest absolute Gasteiger partial charge is 0.342 e. The van der Waals surface area contributed by atoms with Gasteiger partial charge in [-0.2, -0.15) is 13.2 Å². The Labute approximate surface area is 137 Å². The normalized spacial score (nSPS) is 17.2. The maximum atomic E-state index is 12.1. The largest absolute Gasteiger partial charge is 0.390 e. The Morgan fingerprint density at radius 3 is 2.54 bits per heavy atom. The Kier molecular flexibility index (Phi) is 5.53. The summed E-state index contributed by atoms with van der Waals surface area (Å²) in [4.78, 5) is 20.1. The van der Waals surface area contributed by atoms with Crippen molar-refractivity contribution < 1.29 is 21.6 Å². The second kappa shape index (κ2) is 7.09. The monoisotopic (exact) mass is 368 g/mol. The third kappa shape index (κ3) is 5.78. The summed E-state index contributed by atoms with van der Waals surface area (Å²) in [7, 11) is -3.97. The minimum Gasteiger partial charge on any atom is -0.342 e. The number of aromatic nitrogens is 2. The highest BCUT2D eigenvalue weighted by atomic mass is 32.2. The van der Waals surface area contributed by atoms with Crippen LogP contribution < -0.4 is 15.2 Å². The topological polar surface area (TPSA) is 95.2 Å². The minimum absolute atomic E-state index is 0.271. The van der Waals surface area contributed by atoms with E-state index in [0.29, 0.717) is 37.6 Å². The third-order valence-electron chi connectivity index (χ3n) is 3.65. The first-order valence-corrected chi connectivity index (χ1v) is 9.09. The molecule has 0 saturated carbocycles. The molecule has 0 bridgehead atoms. The van der Waals surface area contributed by atoms with E-state index in [0.717, 1.165) is 0 Å². The number of sulfonamides is 1. The van der Waals surface area contributed by atoms with Gasteiger partial charge in [0.15, 0.2) is 0 Å². The molecule has 1 fully saturated rings. The fourth-order valence-corrected chi connectivity index (χ4v) is 3.85. The molecule has 1 aromatic rings. The van der Waals surface area contributed by atoms with E-state index in [1.807, 2.05) is 4.90 Å². The lowest BCUT2D eigenvalue weighted by Gasteiger charge is -2.32. The van der Waals surface area contributed by atoms with Gasteiger partial charge in [-0.25, -0.2) is 18.1 Å². The van der Waals surface area contributed by atoms with Crippen molar-refractivity contribution in [1.29, 1.82) is 0 Å². The van der Waals surface area contributed by atoms with Crippen LogP contribution in [0.3, 0.4) is 0 Å². The minimum atomic E-state index is -4.50. The molecule has 136 valence electrons. The van der Waals surface area contributed by atoms with Gasteiger partial charge in [0, 0.05) is 30.9 Å². The van der Waals surface area contributed by atoms with Crippen LogP contribution in [0.25, 0.3) is 0 Å². The lowest BCUT2D eigenvalue weighted by atomic mass is 10.1. The van der Waals surface area contributed by atoms with Gasteiger partial charge >= 0.3 is 6.18 Å². The van der Waals surface area contributed by atoms with Gasteiger partial charge < -0.3 is 4.90 Å². The van der Waals surface area contributed by atoms with Gasteiger partial charge in [-0.1, -0.05) is 0 Å². The molecule has 0 amide bonds. The second-order valence-corrected chi connectivity index (χ2v) is 7.65. The molecule has 0 unspecified atom stereocenters. The first kappa shape index (κ1) is 18.7. The highest BCUT2D eigenvalue weighted by Gasteiger charge is 2.31. The van der Waals surface area contributed by atoms with Gasteiger partial charge in [0.25, 0.3) is 5.56 Å².